The van der Waals surface area contributed by atoms with Gasteiger partial charge in [0.1, 0.15) is 10.6 Å². The number of amides is 1. The van der Waals surface area contributed by atoms with Gasteiger partial charge in [0.25, 0.3) is 10.0 Å². The average Bonchev–Trinajstić information content (AvgIpc) is 2.73. The molecule has 174 valence electrons. The predicted molar refractivity (Wildman–Crippen MR) is 111 cm³/mol. The predicted octanol–water partition coefficient (Wildman–Crippen LogP) is 2.83. The minimum absolute atomic E-state index is 0.0820. The summed E-state index contributed by atoms with van der Waals surface area (Å²) < 4.78 is 76.8. The van der Waals surface area contributed by atoms with Gasteiger partial charge in [-0.15, -0.1) is 0 Å². The lowest BCUT2D eigenvalue weighted by Gasteiger charge is -2.23. The SMILES string of the molecule is COc1cc(NC(=O)CC2COCCN2)ccc1S(=O)(=O)Nc1cccc(C(F)(F)F)c1. The van der Waals surface area contributed by atoms with Gasteiger partial charge in [0, 0.05) is 36.4 Å². The number of benzene rings is 2. The Labute approximate surface area is 183 Å². The molecule has 2 aromatic rings. The fraction of sp³-hybridized carbons (Fsp3) is 0.350. The minimum atomic E-state index is -4.61. The lowest BCUT2D eigenvalue weighted by molar-refractivity contribution is -0.137. The topological polar surface area (TPSA) is 106 Å². The molecule has 1 amide bonds. The van der Waals surface area contributed by atoms with Gasteiger partial charge in [0.05, 0.1) is 25.9 Å². The molecule has 3 rings (SSSR count). The van der Waals surface area contributed by atoms with Crippen molar-refractivity contribution in [2.75, 3.05) is 36.9 Å². The Hall–Kier alpha value is -2.83. The molecule has 0 aliphatic carbocycles. The van der Waals surface area contributed by atoms with Gasteiger partial charge in [-0.1, -0.05) is 6.07 Å². The molecule has 0 spiro atoms. The number of anilines is 2. The maximum Gasteiger partial charge on any atom is 0.416 e. The van der Waals surface area contributed by atoms with Crippen LogP contribution in [0.4, 0.5) is 24.5 Å². The summed E-state index contributed by atoms with van der Waals surface area (Å²) in [5.74, 6) is -0.380. The number of ether oxygens (including phenoxy) is 2. The van der Waals surface area contributed by atoms with Gasteiger partial charge < -0.3 is 20.1 Å². The number of halogens is 3. The molecule has 0 bridgehead atoms. The van der Waals surface area contributed by atoms with Crippen molar-refractivity contribution in [1.29, 1.82) is 0 Å². The number of nitrogens with one attached hydrogen (secondary N) is 3. The highest BCUT2D eigenvalue weighted by Gasteiger charge is 2.31. The lowest BCUT2D eigenvalue weighted by Crippen LogP contribution is -2.43. The summed E-state index contributed by atoms with van der Waals surface area (Å²) in [6, 6.07) is 7.61. The van der Waals surface area contributed by atoms with Gasteiger partial charge in [-0.2, -0.15) is 13.2 Å². The van der Waals surface area contributed by atoms with Crippen molar-refractivity contribution in [3.05, 3.63) is 48.0 Å². The van der Waals surface area contributed by atoms with Crippen LogP contribution >= 0.6 is 0 Å². The fourth-order valence-electron chi connectivity index (χ4n) is 3.12. The number of alkyl halides is 3. The number of morpholine rings is 1. The van der Waals surface area contributed by atoms with Crippen LogP contribution in [0.25, 0.3) is 0 Å². The van der Waals surface area contributed by atoms with Crippen LogP contribution in [0.1, 0.15) is 12.0 Å². The second-order valence-corrected chi connectivity index (χ2v) is 8.68. The van der Waals surface area contributed by atoms with E-state index in [4.69, 9.17) is 9.47 Å². The first kappa shape index (κ1) is 23.8. The zero-order valence-electron chi connectivity index (χ0n) is 17.0. The maximum atomic E-state index is 12.9. The van der Waals surface area contributed by atoms with Crippen LogP contribution in [0.2, 0.25) is 0 Å². The molecule has 1 unspecified atom stereocenters. The Morgan fingerprint density at radius 3 is 2.66 bits per heavy atom. The van der Waals surface area contributed by atoms with Crippen LogP contribution in [-0.2, 0) is 25.7 Å². The largest absolute Gasteiger partial charge is 0.495 e. The van der Waals surface area contributed by atoms with Gasteiger partial charge in [0.2, 0.25) is 5.91 Å². The highest BCUT2D eigenvalue weighted by molar-refractivity contribution is 7.92. The summed E-state index contributed by atoms with van der Waals surface area (Å²) in [7, 11) is -3.02. The summed E-state index contributed by atoms with van der Waals surface area (Å²) in [4.78, 5) is 12.0. The molecule has 1 heterocycles. The van der Waals surface area contributed by atoms with Gasteiger partial charge in [-0.25, -0.2) is 8.42 Å². The molecule has 1 atom stereocenters. The second kappa shape index (κ2) is 9.76. The van der Waals surface area contributed by atoms with Gasteiger partial charge in [0.15, 0.2) is 0 Å². The summed E-state index contributed by atoms with van der Waals surface area (Å²) in [6.45, 7) is 1.64. The number of carbonyl (C=O) groups excluding carboxylic acids is 1. The van der Waals surface area contributed by atoms with E-state index in [-0.39, 0.29) is 34.7 Å². The first-order chi connectivity index (χ1) is 15.1. The summed E-state index contributed by atoms with van der Waals surface area (Å²) >= 11 is 0. The van der Waals surface area contributed by atoms with E-state index in [1.807, 2.05) is 0 Å². The Morgan fingerprint density at radius 1 is 1.22 bits per heavy atom. The van der Waals surface area contributed by atoms with Crippen molar-refractivity contribution < 1.29 is 35.9 Å². The molecule has 0 radical (unpaired) electrons. The van der Waals surface area contributed by atoms with E-state index in [2.05, 4.69) is 15.4 Å². The third kappa shape index (κ3) is 6.11. The molecular formula is C20H22F3N3O5S. The first-order valence-electron chi connectivity index (χ1n) is 9.57. The molecule has 0 saturated carbocycles. The third-order valence-corrected chi connectivity index (χ3v) is 6.03. The van der Waals surface area contributed by atoms with E-state index in [0.717, 1.165) is 12.1 Å². The Morgan fingerprint density at radius 2 is 2.00 bits per heavy atom. The van der Waals surface area contributed by atoms with E-state index in [9.17, 15) is 26.4 Å². The normalized spacial score (nSPS) is 16.9. The van der Waals surface area contributed by atoms with E-state index in [1.165, 1.54) is 31.4 Å². The summed E-state index contributed by atoms with van der Waals surface area (Å²) in [5, 5.41) is 5.82. The number of rotatable bonds is 7. The number of carbonyl (C=O) groups is 1. The van der Waals surface area contributed by atoms with Crippen LogP contribution in [-0.4, -0.2) is 47.2 Å². The molecular weight excluding hydrogens is 451 g/mol. The highest BCUT2D eigenvalue weighted by atomic mass is 32.2. The van der Waals surface area contributed by atoms with Crippen molar-refractivity contribution in [3.8, 4) is 5.75 Å². The monoisotopic (exact) mass is 473 g/mol. The van der Waals surface area contributed by atoms with Crippen molar-refractivity contribution in [2.24, 2.45) is 0 Å². The molecule has 1 fully saturated rings. The maximum absolute atomic E-state index is 12.9. The first-order valence-corrected chi connectivity index (χ1v) is 11.1. The molecule has 3 N–H and O–H groups in total. The van der Waals surface area contributed by atoms with Gasteiger partial charge in [-0.3, -0.25) is 9.52 Å². The van der Waals surface area contributed by atoms with E-state index in [0.29, 0.717) is 31.5 Å². The number of methoxy groups -OCH3 is 1. The molecule has 1 aliphatic rings. The second-order valence-electron chi connectivity index (χ2n) is 7.03. The van der Waals surface area contributed by atoms with Crippen LogP contribution in [0, 0.1) is 0 Å². The number of sulfonamides is 1. The molecule has 0 aromatic heterocycles. The van der Waals surface area contributed by atoms with Crippen molar-refractivity contribution in [1.82, 2.24) is 5.32 Å². The van der Waals surface area contributed by atoms with Crippen molar-refractivity contribution >= 4 is 27.3 Å². The van der Waals surface area contributed by atoms with Crippen LogP contribution < -0.4 is 20.1 Å². The molecule has 1 aliphatic heterocycles. The molecule has 1 saturated heterocycles. The van der Waals surface area contributed by atoms with Gasteiger partial charge in [-0.05, 0) is 30.3 Å². The summed E-state index contributed by atoms with van der Waals surface area (Å²) in [6.07, 6.45) is -4.45. The average molecular weight is 473 g/mol. The van der Waals surface area contributed by atoms with Crippen LogP contribution in [0.15, 0.2) is 47.4 Å². The Balaban J connectivity index is 1.75. The van der Waals surface area contributed by atoms with Crippen molar-refractivity contribution in [2.45, 2.75) is 23.5 Å². The lowest BCUT2D eigenvalue weighted by atomic mass is 10.2. The molecule has 2 aromatic carbocycles. The van der Waals surface area contributed by atoms with Crippen LogP contribution in [0.5, 0.6) is 5.75 Å². The smallest absolute Gasteiger partial charge is 0.416 e. The molecule has 32 heavy (non-hydrogen) atoms. The molecule has 12 heteroatoms. The Bertz CT molecular complexity index is 1070. The summed E-state index contributed by atoms with van der Waals surface area (Å²) in [5.41, 5.74) is -0.927. The number of hydrogen-bond acceptors (Lipinski definition) is 6. The quantitative estimate of drug-likeness (QED) is 0.571. The third-order valence-electron chi connectivity index (χ3n) is 4.61. The molecule has 8 nitrogen and oxygen atoms in total. The fourth-order valence-corrected chi connectivity index (χ4v) is 4.32. The number of hydrogen-bond donors (Lipinski definition) is 3. The highest BCUT2D eigenvalue weighted by Crippen LogP contribution is 2.33. The minimum Gasteiger partial charge on any atom is -0.495 e. The van der Waals surface area contributed by atoms with Crippen LogP contribution in [0.3, 0.4) is 0 Å². The van der Waals surface area contributed by atoms with E-state index < -0.39 is 21.8 Å². The van der Waals surface area contributed by atoms with Crippen molar-refractivity contribution in [3.63, 3.8) is 0 Å². The zero-order valence-corrected chi connectivity index (χ0v) is 17.8. The standard InChI is InChI=1S/C20H22F3N3O5S/c1-30-17-10-14(25-19(27)11-16-12-31-8-7-24-16)5-6-18(17)32(28,29)26-15-4-2-3-13(9-15)20(21,22)23/h2-6,9-10,16,24,26H,7-8,11-12H2,1H3,(H,25,27). The van der Waals surface area contributed by atoms with E-state index >= 15 is 0 Å². The Kier molecular flexibility index (Phi) is 7.26. The van der Waals surface area contributed by atoms with Gasteiger partial charge >= 0.3 is 6.18 Å². The van der Waals surface area contributed by atoms with E-state index in [1.54, 1.807) is 0 Å². The zero-order chi connectivity index (χ0) is 23.4.